The van der Waals surface area contributed by atoms with Crippen LogP contribution in [0.3, 0.4) is 0 Å². The van der Waals surface area contributed by atoms with Gasteiger partial charge in [0, 0.05) is 31.6 Å². The number of benzene rings is 2. The molecule has 1 aliphatic rings. The molecule has 158 valence electrons. The molecule has 2 heterocycles. The Hall–Kier alpha value is -2.99. The van der Waals surface area contributed by atoms with Crippen molar-refractivity contribution in [2.45, 2.75) is 19.9 Å². The lowest BCUT2D eigenvalue weighted by Crippen LogP contribution is -2.49. The first-order valence-electron chi connectivity index (χ1n) is 10.6. The molecule has 0 unspecified atom stereocenters. The first-order chi connectivity index (χ1) is 14.6. The van der Waals surface area contributed by atoms with Gasteiger partial charge in [-0.05, 0) is 38.1 Å². The highest BCUT2D eigenvalue weighted by Gasteiger charge is 2.22. The number of ether oxygens (including phenoxy) is 1. The molecule has 1 N–H and O–H groups in total. The van der Waals surface area contributed by atoms with Crippen molar-refractivity contribution in [3.8, 4) is 5.75 Å². The van der Waals surface area contributed by atoms with E-state index in [-0.39, 0.29) is 11.9 Å². The first kappa shape index (κ1) is 20.3. The average molecular weight is 408 g/mol. The van der Waals surface area contributed by atoms with Crippen molar-refractivity contribution < 1.29 is 13.9 Å². The number of carbonyl (C=O) groups excluding carboxylic acids is 1. The number of rotatable bonds is 7. The molecule has 2 aromatic carbocycles. The summed E-state index contributed by atoms with van der Waals surface area (Å²) in [4.78, 5) is 17.1. The van der Waals surface area contributed by atoms with Gasteiger partial charge >= 0.3 is 0 Å². The zero-order valence-corrected chi connectivity index (χ0v) is 17.6. The van der Waals surface area contributed by atoms with Crippen LogP contribution in [-0.4, -0.2) is 50.1 Å². The molecule has 4 rings (SSSR count). The minimum atomic E-state index is -0.163. The summed E-state index contributed by atoms with van der Waals surface area (Å²) in [6, 6.07) is 17.9. The molecular weight excluding hydrogens is 378 g/mol. The van der Waals surface area contributed by atoms with Gasteiger partial charge in [0.15, 0.2) is 0 Å². The second-order valence-corrected chi connectivity index (χ2v) is 7.64. The molecule has 0 aliphatic carbocycles. The molecule has 3 aromatic rings. The van der Waals surface area contributed by atoms with E-state index in [0.717, 1.165) is 54.3 Å². The van der Waals surface area contributed by atoms with Crippen LogP contribution in [0.2, 0.25) is 0 Å². The Balaban J connectivity index is 1.29. The van der Waals surface area contributed by atoms with Crippen LogP contribution in [0.1, 0.15) is 25.6 Å². The number of hydrogen-bond acceptors (Lipinski definition) is 5. The number of amides is 1. The SMILES string of the molecule is CCOc1ccccc1N1CCN(CC(=O)N[C@@H](C)c2cc3ccccc3o2)CC1. The number of para-hydroxylation sites is 3. The molecule has 6 nitrogen and oxygen atoms in total. The molecule has 30 heavy (non-hydrogen) atoms. The number of anilines is 1. The van der Waals surface area contributed by atoms with Crippen molar-refractivity contribution >= 4 is 22.6 Å². The third-order valence-electron chi connectivity index (χ3n) is 5.49. The van der Waals surface area contributed by atoms with Crippen LogP contribution in [0.25, 0.3) is 11.0 Å². The number of carbonyl (C=O) groups is 1. The summed E-state index contributed by atoms with van der Waals surface area (Å²) < 4.78 is 11.6. The lowest BCUT2D eigenvalue weighted by molar-refractivity contribution is -0.123. The molecule has 6 heteroatoms. The molecule has 0 saturated carbocycles. The minimum Gasteiger partial charge on any atom is -0.492 e. The van der Waals surface area contributed by atoms with Gasteiger partial charge < -0.3 is 19.4 Å². The van der Waals surface area contributed by atoms with E-state index in [0.29, 0.717) is 13.2 Å². The highest BCUT2D eigenvalue weighted by Crippen LogP contribution is 2.29. The second kappa shape index (κ2) is 9.22. The fourth-order valence-corrected chi connectivity index (χ4v) is 3.92. The number of fused-ring (bicyclic) bond motifs is 1. The molecule has 0 bridgehead atoms. The summed E-state index contributed by atoms with van der Waals surface area (Å²) in [5.41, 5.74) is 1.97. The standard InChI is InChI=1S/C24H29N3O3/c1-3-29-22-11-7-5-9-20(22)27-14-12-26(13-15-27)17-24(28)25-18(2)23-16-19-8-4-6-10-21(19)30-23/h4-11,16,18H,3,12-15,17H2,1-2H3,(H,25,28)/t18-/m0/s1. The van der Waals surface area contributed by atoms with Crippen LogP contribution < -0.4 is 15.0 Å². The highest BCUT2D eigenvalue weighted by atomic mass is 16.5. The van der Waals surface area contributed by atoms with Crippen molar-refractivity contribution in [3.05, 3.63) is 60.4 Å². The van der Waals surface area contributed by atoms with Crippen LogP contribution in [0.4, 0.5) is 5.69 Å². The quantitative estimate of drug-likeness (QED) is 0.645. The van der Waals surface area contributed by atoms with Gasteiger partial charge in [-0.1, -0.05) is 30.3 Å². The molecular formula is C24H29N3O3. The summed E-state index contributed by atoms with van der Waals surface area (Å²) in [6.45, 7) is 8.43. The summed E-state index contributed by atoms with van der Waals surface area (Å²) >= 11 is 0. The molecule has 1 amide bonds. The Morgan fingerprint density at radius 2 is 1.83 bits per heavy atom. The van der Waals surface area contributed by atoms with Crippen molar-refractivity contribution in [2.24, 2.45) is 0 Å². The molecule has 1 fully saturated rings. The fourth-order valence-electron chi connectivity index (χ4n) is 3.92. The molecule has 1 aliphatic heterocycles. The molecule has 1 saturated heterocycles. The van der Waals surface area contributed by atoms with Crippen LogP contribution in [0.15, 0.2) is 59.0 Å². The van der Waals surface area contributed by atoms with Crippen molar-refractivity contribution in [1.82, 2.24) is 10.2 Å². The van der Waals surface area contributed by atoms with E-state index < -0.39 is 0 Å². The highest BCUT2D eigenvalue weighted by molar-refractivity contribution is 5.80. The smallest absolute Gasteiger partial charge is 0.234 e. The van der Waals surface area contributed by atoms with Crippen molar-refractivity contribution in [2.75, 3.05) is 44.2 Å². The number of piperazine rings is 1. The van der Waals surface area contributed by atoms with E-state index in [1.54, 1.807) is 0 Å². The lowest BCUT2D eigenvalue weighted by Gasteiger charge is -2.36. The van der Waals surface area contributed by atoms with E-state index in [1.165, 1.54) is 0 Å². The minimum absolute atomic E-state index is 0.0196. The molecule has 1 aromatic heterocycles. The van der Waals surface area contributed by atoms with Crippen molar-refractivity contribution in [1.29, 1.82) is 0 Å². The van der Waals surface area contributed by atoms with Gasteiger partial charge in [-0.15, -0.1) is 0 Å². The topological polar surface area (TPSA) is 58.0 Å². The maximum absolute atomic E-state index is 12.6. The third-order valence-corrected chi connectivity index (χ3v) is 5.49. The van der Waals surface area contributed by atoms with Gasteiger partial charge in [-0.2, -0.15) is 0 Å². The summed E-state index contributed by atoms with van der Waals surface area (Å²) in [7, 11) is 0. The van der Waals surface area contributed by atoms with Gasteiger partial charge in [0.2, 0.25) is 5.91 Å². The Kier molecular flexibility index (Phi) is 6.23. The van der Waals surface area contributed by atoms with Gasteiger partial charge in [-0.25, -0.2) is 0 Å². The van der Waals surface area contributed by atoms with Crippen LogP contribution in [-0.2, 0) is 4.79 Å². The van der Waals surface area contributed by atoms with Crippen molar-refractivity contribution in [3.63, 3.8) is 0 Å². The van der Waals surface area contributed by atoms with Crippen LogP contribution in [0.5, 0.6) is 5.75 Å². The Morgan fingerprint density at radius 1 is 1.10 bits per heavy atom. The van der Waals surface area contributed by atoms with Gasteiger partial charge in [0.1, 0.15) is 17.1 Å². The zero-order valence-electron chi connectivity index (χ0n) is 17.6. The van der Waals surface area contributed by atoms with E-state index in [4.69, 9.17) is 9.15 Å². The maximum Gasteiger partial charge on any atom is 0.234 e. The van der Waals surface area contributed by atoms with Crippen LogP contribution in [0, 0.1) is 0 Å². The monoisotopic (exact) mass is 407 g/mol. The van der Waals surface area contributed by atoms with E-state index in [9.17, 15) is 4.79 Å². The van der Waals surface area contributed by atoms with Crippen LogP contribution >= 0.6 is 0 Å². The largest absolute Gasteiger partial charge is 0.492 e. The lowest BCUT2D eigenvalue weighted by atomic mass is 10.2. The Labute approximate surface area is 177 Å². The average Bonchev–Trinajstić information content (AvgIpc) is 3.20. The molecule has 1 atom stereocenters. The van der Waals surface area contributed by atoms with Gasteiger partial charge in [0.05, 0.1) is 24.9 Å². The normalized spacial score (nSPS) is 15.9. The van der Waals surface area contributed by atoms with Gasteiger partial charge in [-0.3, -0.25) is 9.69 Å². The number of nitrogens with zero attached hydrogens (tertiary/aromatic N) is 2. The summed E-state index contributed by atoms with van der Waals surface area (Å²) in [5, 5.41) is 4.12. The number of hydrogen-bond donors (Lipinski definition) is 1. The van der Waals surface area contributed by atoms with E-state index in [2.05, 4.69) is 21.2 Å². The predicted octanol–water partition coefficient (Wildman–Crippen LogP) is 3.83. The fraction of sp³-hybridized carbons (Fsp3) is 0.375. The third kappa shape index (κ3) is 4.60. The zero-order chi connectivity index (χ0) is 20.9. The summed E-state index contributed by atoms with van der Waals surface area (Å²) in [6.07, 6.45) is 0. The predicted molar refractivity (Wildman–Crippen MR) is 119 cm³/mol. The first-order valence-corrected chi connectivity index (χ1v) is 10.6. The van der Waals surface area contributed by atoms with E-state index >= 15 is 0 Å². The second-order valence-electron chi connectivity index (χ2n) is 7.64. The summed E-state index contributed by atoms with van der Waals surface area (Å²) in [5.74, 6) is 1.72. The number of nitrogens with one attached hydrogen (secondary N) is 1. The number of furan rings is 1. The van der Waals surface area contributed by atoms with Gasteiger partial charge in [0.25, 0.3) is 0 Å². The van der Waals surface area contributed by atoms with E-state index in [1.807, 2.05) is 62.4 Å². The molecule has 0 spiro atoms. The Bertz CT molecular complexity index is 959. The molecule has 0 radical (unpaired) electrons. The maximum atomic E-state index is 12.6. The Morgan fingerprint density at radius 3 is 2.60 bits per heavy atom.